The lowest BCUT2D eigenvalue weighted by Crippen LogP contribution is -3.09. The molecule has 1 aliphatic rings. The van der Waals surface area contributed by atoms with Crippen LogP contribution in [0.25, 0.3) is 0 Å². The van der Waals surface area contributed by atoms with E-state index in [1.54, 1.807) is 14.2 Å². The number of amides is 1. The van der Waals surface area contributed by atoms with Crippen molar-refractivity contribution in [2.45, 2.75) is 45.2 Å². The standard InChI is InChI=1S/C19H30N2O3/c1-14-7-5-6-8-17(14)20-19(22)13-21(2)12-15-9-10-16(23-3)11-18(15)24-4/h9-11,14,17H,5-8,12-13H2,1-4H3,(H,20,22)/p+1/t14-,17-/m1/s1. The van der Waals surface area contributed by atoms with Crippen LogP contribution in [0, 0.1) is 5.92 Å². The lowest BCUT2D eigenvalue weighted by Gasteiger charge is -2.29. The minimum absolute atomic E-state index is 0.138. The van der Waals surface area contributed by atoms with Gasteiger partial charge in [0.2, 0.25) is 0 Å². The van der Waals surface area contributed by atoms with Gasteiger partial charge in [-0.15, -0.1) is 0 Å². The molecule has 2 rings (SSSR count). The Morgan fingerprint density at radius 1 is 1.25 bits per heavy atom. The van der Waals surface area contributed by atoms with Crippen LogP contribution in [0.15, 0.2) is 18.2 Å². The van der Waals surface area contributed by atoms with Gasteiger partial charge < -0.3 is 19.7 Å². The Kier molecular flexibility index (Phi) is 6.91. The number of rotatable bonds is 7. The maximum atomic E-state index is 12.3. The molecule has 134 valence electrons. The number of hydrogen-bond acceptors (Lipinski definition) is 3. The molecular weight excluding hydrogens is 304 g/mol. The molecule has 1 fully saturated rings. The molecule has 0 radical (unpaired) electrons. The molecule has 5 nitrogen and oxygen atoms in total. The van der Waals surface area contributed by atoms with Gasteiger partial charge in [-0.05, 0) is 30.9 Å². The smallest absolute Gasteiger partial charge is 0.275 e. The molecule has 5 heteroatoms. The molecule has 0 heterocycles. The fraction of sp³-hybridized carbons (Fsp3) is 0.632. The van der Waals surface area contributed by atoms with Crippen molar-refractivity contribution >= 4 is 5.91 Å². The van der Waals surface area contributed by atoms with Crippen LogP contribution < -0.4 is 19.7 Å². The first-order chi connectivity index (χ1) is 11.5. The maximum absolute atomic E-state index is 12.3. The van der Waals surface area contributed by atoms with Crippen LogP contribution in [-0.2, 0) is 11.3 Å². The minimum atomic E-state index is 0.138. The molecule has 0 saturated heterocycles. The number of carbonyl (C=O) groups excluding carboxylic acids is 1. The van der Waals surface area contributed by atoms with Crippen molar-refractivity contribution in [3.63, 3.8) is 0 Å². The molecular formula is C19H31N2O3+. The third-order valence-electron chi connectivity index (χ3n) is 4.91. The van der Waals surface area contributed by atoms with Crippen LogP contribution in [0.5, 0.6) is 11.5 Å². The number of benzene rings is 1. The topological polar surface area (TPSA) is 52.0 Å². The average molecular weight is 335 g/mol. The minimum Gasteiger partial charge on any atom is -0.497 e. The first-order valence-electron chi connectivity index (χ1n) is 8.85. The van der Waals surface area contributed by atoms with Gasteiger partial charge in [-0.3, -0.25) is 4.79 Å². The first-order valence-corrected chi connectivity index (χ1v) is 8.85. The van der Waals surface area contributed by atoms with Gasteiger partial charge in [0.05, 0.1) is 21.3 Å². The lowest BCUT2D eigenvalue weighted by molar-refractivity contribution is -0.885. The van der Waals surface area contributed by atoms with E-state index in [1.807, 2.05) is 25.2 Å². The summed E-state index contributed by atoms with van der Waals surface area (Å²) >= 11 is 0. The van der Waals surface area contributed by atoms with Crippen molar-refractivity contribution in [1.29, 1.82) is 0 Å². The van der Waals surface area contributed by atoms with E-state index in [-0.39, 0.29) is 5.91 Å². The second kappa shape index (κ2) is 8.92. The van der Waals surface area contributed by atoms with E-state index in [0.717, 1.165) is 34.9 Å². The van der Waals surface area contributed by atoms with Crippen LogP contribution in [-0.4, -0.2) is 39.8 Å². The Morgan fingerprint density at radius 2 is 2.00 bits per heavy atom. The van der Waals surface area contributed by atoms with Gasteiger partial charge in [0.1, 0.15) is 18.0 Å². The fourth-order valence-electron chi connectivity index (χ4n) is 3.45. The molecule has 0 aromatic heterocycles. The largest absolute Gasteiger partial charge is 0.497 e. The van der Waals surface area contributed by atoms with E-state index in [2.05, 4.69) is 12.2 Å². The van der Waals surface area contributed by atoms with Gasteiger partial charge in [-0.25, -0.2) is 0 Å². The molecule has 1 amide bonds. The zero-order valence-electron chi connectivity index (χ0n) is 15.4. The molecule has 2 N–H and O–H groups in total. The van der Waals surface area contributed by atoms with Crippen molar-refractivity contribution in [2.24, 2.45) is 5.92 Å². The number of carbonyl (C=O) groups is 1. The van der Waals surface area contributed by atoms with Crippen LogP contribution in [0.4, 0.5) is 0 Å². The van der Waals surface area contributed by atoms with Gasteiger partial charge in [0, 0.05) is 17.7 Å². The molecule has 1 aromatic carbocycles. The fourth-order valence-corrected chi connectivity index (χ4v) is 3.45. The number of likely N-dealkylation sites (N-methyl/N-ethyl adjacent to an activating group) is 1. The van der Waals surface area contributed by atoms with Crippen LogP contribution >= 0.6 is 0 Å². The monoisotopic (exact) mass is 335 g/mol. The van der Waals surface area contributed by atoms with Gasteiger partial charge in [-0.2, -0.15) is 0 Å². The Balaban J connectivity index is 1.88. The normalized spacial score (nSPS) is 21.8. The predicted octanol–water partition coefficient (Wildman–Crippen LogP) is 1.41. The van der Waals surface area contributed by atoms with Crippen molar-refractivity contribution in [3.8, 4) is 11.5 Å². The first kappa shape index (κ1) is 18.6. The van der Waals surface area contributed by atoms with E-state index in [0.29, 0.717) is 18.5 Å². The summed E-state index contributed by atoms with van der Waals surface area (Å²) in [6.45, 7) is 3.45. The number of quaternary nitrogens is 1. The second-order valence-corrected chi connectivity index (χ2v) is 6.92. The highest BCUT2D eigenvalue weighted by atomic mass is 16.5. The SMILES string of the molecule is COc1ccc(C[NH+](C)CC(=O)N[C@@H]2CCCC[C@H]2C)c(OC)c1. The molecule has 0 spiro atoms. The molecule has 1 unspecified atom stereocenters. The molecule has 3 atom stereocenters. The summed E-state index contributed by atoms with van der Waals surface area (Å²) in [6, 6.07) is 6.15. The molecule has 1 saturated carbocycles. The summed E-state index contributed by atoms with van der Waals surface area (Å²) in [7, 11) is 5.33. The van der Waals surface area contributed by atoms with Crippen molar-refractivity contribution in [1.82, 2.24) is 5.32 Å². The Morgan fingerprint density at radius 3 is 2.67 bits per heavy atom. The highest BCUT2D eigenvalue weighted by Crippen LogP contribution is 2.24. The van der Waals surface area contributed by atoms with Crippen molar-refractivity contribution in [3.05, 3.63) is 23.8 Å². The highest BCUT2D eigenvalue weighted by Gasteiger charge is 2.24. The Labute approximate surface area is 145 Å². The van der Waals surface area contributed by atoms with E-state index in [4.69, 9.17) is 9.47 Å². The summed E-state index contributed by atoms with van der Waals surface area (Å²) in [5, 5.41) is 3.22. The van der Waals surface area contributed by atoms with Gasteiger partial charge >= 0.3 is 0 Å². The third-order valence-corrected chi connectivity index (χ3v) is 4.91. The third kappa shape index (κ3) is 5.13. The van der Waals surface area contributed by atoms with Crippen LogP contribution in [0.3, 0.4) is 0 Å². The van der Waals surface area contributed by atoms with Crippen molar-refractivity contribution in [2.75, 3.05) is 27.8 Å². The van der Waals surface area contributed by atoms with E-state index >= 15 is 0 Å². The van der Waals surface area contributed by atoms with Crippen molar-refractivity contribution < 1.29 is 19.2 Å². The quantitative estimate of drug-likeness (QED) is 0.792. The maximum Gasteiger partial charge on any atom is 0.275 e. The number of hydrogen-bond donors (Lipinski definition) is 2. The predicted molar refractivity (Wildman–Crippen MR) is 94.6 cm³/mol. The van der Waals surface area contributed by atoms with Crippen LogP contribution in [0.2, 0.25) is 0 Å². The summed E-state index contributed by atoms with van der Waals surface area (Å²) in [6.07, 6.45) is 4.84. The summed E-state index contributed by atoms with van der Waals surface area (Å²) in [4.78, 5) is 13.5. The number of nitrogens with one attached hydrogen (secondary N) is 2. The average Bonchev–Trinajstić information content (AvgIpc) is 2.57. The van der Waals surface area contributed by atoms with Gasteiger partial charge in [0.15, 0.2) is 6.54 Å². The van der Waals surface area contributed by atoms with Gasteiger partial charge in [-0.1, -0.05) is 19.8 Å². The molecule has 0 bridgehead atoms. The zero-order chi connectivity index (χ0) is 17.5. The lowest BCUT2D eigenvalue weighted by atomic mass is 9.86. The molecule has 24 heavy (non-hydrogen) atoms. The number of methoxy groups -OCH3 is 2. The zero-order valence-corrected chi connectivity index (χ0v) is 15.4. The van der Waals surface area contributed by atoms with E-state index in [9.17, 15) is 4.79 Å². The summed E-state index contributed by atoms with van der Waals surface area (Å²) < 4.78 is 10.7. The summed E-state index contributed by atoms with van der Waals surface area (Å²) in [5.74, 6) is 2.30. The van der Waals surface area contributed by atoms with Crippen LogP contribution in [0.1, 0.15) is 38.2 Å². The second-order valence-electron chi connectivity index (χ2n) is 6.92. The van der Waals surface area contributed by atoms with Gasteiger partial charge in [0.25, 0.3) is 5.91 Å². The molecule has 0 aliphatic heterocycles. The Bertz CT molecular complexity index is 547. The molecule has 1 aliphatic carbocycles. The number of ether oxygens (including phenoxy) is 2. The molecule has 1 aromatic rings. The van der Waals surface area contributed by atoms with E-state index in [1.165, 1.54) is 19.3 Å². The van der Waals surface area contributed by atoms with E-state index < -0.39 is 0 Å². The summed E-state index contributed by atoms with van der Waals surface area (Å²) in [5.41, 5.74) is 1.08. The Hall–Kier alpha value is -1.75. The highest BCUT2D eigenvalue weighted by molar-refractivity contribution is 5.77.